The Balaban J connectivity index is 2.73. The molecule has 0 aromatic heterocycles. The number of hydrogen-bond donors (Lipinski definition) is 0. The summed E-state index contributed by atoms with van der Waals surface area (Å²) in [5.41, 5.74) is 0. The summed E-state index contributed by atoms with van der Waals surface area (Å²) >= 11 is 4.72. The number of aliphatic imine (C=N–C) groups is 1. The van der Waals surface area contributed by atoms with Crippen molar-refractivity contribution >= 4 is 48.9 Å². The van der Waals surface area contributed by atoms with Crippen LogP contribution in [-0.4, -0.2) is 7.64 Å². The predicted octanol–water partition coefficient (Wildman–Crippen LogP) is 2.79. The molecule has 1 nitrogen and oxygen atoms in total. The van der Waals surface area contributed by atoms with Crippen molar-refractivity contribution in [2.45, 2.75) is 10.8 Å². The van der Waals surface area contributed by atoms with Gasteiger partial charge in [0.2, 0.25) is 0 Å². The van der Waals surface area contributed by atoms with E-state index in [9.17, 15) is 0 Å². The highest BCUT2D eigenvalue weighted by molar-refractivity contribution is 14.1. The van der Waals surface area contributed by atoms with E-state index >= 15 is 0 Å². The third-order valence-electron chi connectivity index (χ3n) is 1.32. The molecule has 0 saturated carbocycles. The van der Waals surface area contributed by atoms with E-state index in [0.717, 1.165) is 0 Å². The molecule has 0 radical (unpaired) electrons. The Labute approximate surface area is 82.3 Å². The minimum Gasteiger partial charge on any atom is -0.255 e. The second kappa shape index (κ2) is 3.32. The maximum atomic E-state index is 4.18. The molecule has 1 aliphatic rings. The van der Waals surface area contributed by atoms with Crippen LogP contribution in [0.5, 0.6) is 0 Å². The third kappa shape index (κ3) is 1.89. The summed E-state index contributed by atoms with van der Waals surface area (Å²) in [6, 6.07) is 0. The first-order chi connectivity index (χ1) is 4.22. The van der Waals surface area contributed by atoms with Crippen LogP contribution in [0.3, 0.4) is 0 Å². The lowest BCUT2D eigenvalue weighted by atomic mass is 10.1. The third-order valence-corrected chi connectivity index (χ3v) is 4.08. The van der Waals surface area contributed by atoms with Crippen LogP contribution >= 0.6 is 45.2 Å². The number of halogens is 2. The van der Waals surface area contributed by atoms with Crippen LogP contribution in [0.4, 0.5) is 0 Å². The van der Waals surface area contributed by atoms with E-state index in [2.05, 4.69) is 63.2 Å². The maximum absolute atomic E-state index is 4.18. The van der Waals surface area contributed by atoms with Crippen molar-refractivity contribution in [2.24, 2.45) is 10.9 Å². The Kier molecular flexibility index (Phi) is 2.94. The van der Waals surface area contributed by atoms with E-state index < -0.39 is 0 Å². The van der Waals surface area contributed by atoms with Gasteiger partial charge in [-0.2, -0.15) is 0 Å². The lowest BCUT2D eigenvalue weighted by Gasteiger charge is -2.15. The highest BCUT2D eigenvalue weighted by Crippen LogP contribution is 2.23. The first-order valence-corrected chi connectivity index (χ1v) is 5.08. The topological polar surface area (TPSA) is 12.4 Å². The van der Waals surface area contributed by atoms with E-state index in [1.165, 1.54) is 3.72 Å². The van der Waals surface area contributed by atoms with Crippen molar-refractivity contribution in [1.82, 2.24) is 0 Å². The van der Waals surface area contributed by atoms with Gasteiger partial charge in [-0.3, -0.25) is 4.99 Å². The van der Waals surface area contributed by atoms with Gasteiger partial charge < -0.3 is 0 Å². The molecular formula is C6H7I2N. The Morgan fingerprint density at radius 2 is 2.33 bits per heavy atom. The van der Waals surface area contributed by atoms with Gasteiger partial charge in [-0.15, -0.1) is 0 Å². The Morgan fingerprint density at radius 1 is 1.67 bits per heavy atom. The van der Waals surface area contributed by atoms with E-state index in [4.69, 9.17) is 0 Å². The molecule has 0 saturated heterocycles. The molecule has 0 spiro atoms. The summed E-state index contributed by atoms with van der Waals surface area (Å²) in [5.74, 6) is 0.608. The normalized spacial score (nSPS) is 34.3. The first-order valence-electron chi connectivity index (χ1n) is 2.76. The van der Waals surface area contributed by atoms with Gasteiger partial charge in [0.05, 0.1) is 3.72 Å². The summed E-state index contributed by atoms with van der Waals surface area (Å²) < 4.78 is 1.85. The van der Waals surface area contributed by atoms with Gasteiger partial charge in [0.15, 0.2) is 0 Å². The van der Waals surface area contributed by atoms with E-state index in [0.29, 0.717) is 9.84 Å². The largest absolute Gasteiger partial charge is 0.255 e. The summed E-state index contributed by atoms with van der Waals surface area (Å²) in [5, 5.41) is 0. The second-order valence-corrected chi connectivity index (χ2v) is 4.57. The number of nitrogens with zero attached hydrogens (tertiary/aromatic N) is 1. The van der Waals surface area contributed by atoms with Gasteiger partial charge in [0, 0.05) is 16.0 Å². The van der Waals surface area contributed by atoms with Crippen molar-refractivity contribution in [2.75, 3.05) is 0 Å². The molecule has 1 heterocycles. The zero-order valence-corrected chi connectivity index (χ0v) is 9.33. The lowest BCUT2D eigenvalue weighted by Crippen LogP contribution is -2.16. The summed E-state index contributed by atoms with van der Waals surface area (Å²) in [6.45, 7) is 2.20. The molecular weight excluding hydrogens is 340 g/mol. The van der Waals surface area contributed by atoms with E-state index in [-0.39, 0.29) is 0 Å². The van der Waals surface area contributed by atoms with Crippen LogP contribution in [0.15, 0.2) is 17.3 Å². The van der Waals surface area contributed by atoms with Crippen molar-refractivity contribution < 1.29 is 0 Å². The van der Waals surface area contributed by atoms with Gasteiger partial charge in [-0.25, -0.2) is 0 Å². The molecule has 0 amide bonds. The minimum atomic E-state index is 0.608. The van der Waals surface area contributed by atoms with Gasteiger partial charge in [-0.1, -0.05) is 35.6 Å². The van der Waals surface area contributed by atoms with Gasteiger partial charge in [-0.05, 0) is 22.6 Å². The smallest absolute Gasteiger partial charge is 0.0825 e. The number of hydrogen-bond acceptors (Lipinski definition) is 1. The number of rotatable bonds is 0. The average Bonchev–Trinajstić information content (AvgIpc) is 1.83. The number of alkyl halides is 1. The van der Waals surface area contributed by atoms with Gasteiger partial charge >= 0.3 is 0 Å². The van der Waals surface area contributed by atoms with Gasteiger partial charge in [0.25, 0.3) is 0 Å². The Hall–Kier alpha value is 0.870. The molecule has 3 heteroatoms. The van der Waals surface area contributed by atoms with Crippen molar-refractivity contribution in [1.29, 1.82) is 0 Å². The molecule has 50 valence electrons. The molecule has 0 aliphatic carbocycles. The monoisotopic (exact) mass is 347 g/mol. The lowest BCUT2D eigenvalue weighted by molar-refractivity contribution is 0.832. The molecule has 1 rings (SSSR count). The van der Waals surface area contributed by atoms with Crippen molar-refractivity contribution in [3.8, 4) is 0 Å². The zero-order valence-electron chi connectivity index (χ0n) is 5.01. The van der Waals surface area contributed by atoms with E-state index in [1.807, 2.05) is 6.20 Å². The molecule has 2 atom stereocenters. The fraction of sp³-hybridized carbons (Fsp3) is 0.500. The Morgan fingerprint density at radius 3 is 2.78 bits per heavy atom. The predicted molar refractivity (Wildman–Crippen MR) is 57.6 cm³/mol. The molecule has 0 N–H and O–H groups in total. The number of allylic oxidation sites excluding steroid dienone is 1. The molecule has 0 aromatic rings. The molecule has 9 heavy (non-hydrogen) atoms. The van der Waals surface area contributed by atoms with Crippen molar-refractivity contribution in [3.05, 3.63) is 12.3 Å². The van der Waals surface area contributed by atoms with Crippen LogP contribution in [0.25, 0.3) is 0 Å². The molecule has 0 aromatic carbocycles. The minimum absolute atomic E-state index is 0.608. The maximum Gasteiger partial charge on any atom is 0.0825 e. The van der Waals surface area contributed by atoms with Crippen LogP contribution in [0, 0.1) is 5.92 Å². The fourth-order valence-electron chi connectivity index (χ4n) is 0.612. The van der Waals surface area contributed by atoms with Gasteiger partial charge in [0.1, 0.15) is 0 Å². The van der Waals surface area contributed by atoms with Crippen molar-refractivity contribution in [3.63, 3.8) is 0 Å². The molecule has 0 bridgehead atoms. The second-order valence-electron chi connectivity index (χ2n) is 2.03. The van der Waals surface area contributed by atoms with Crippen LogP contribution < -0.4 is 0 Å². The molecule has 0 fully saturated rings. The molecule has 1 aliphatic heterocycles. The SMILES string of the molecule is CC1C(I)=NC=CC1I. The first kappa shape index (κ1) is 7.97. The van der Waals surface area contributed by atoms with E-state index in [1.54, 1.807) is 0 Å². The molecule has 2 unspecified atom stereocenters. The van der Waals surface area contributed by atoms with Crippen LogP contribution in [-0.2, 0) is 0 Å². The summed E-state index contributed by atoms with van der Waals surface area (Å²) in [6.07, 6.45) is 4.02. The summed E-state index contributed by atoms with van der Waals surface area (Å²) in [4.78, 5) is 4.18. The zero-order chi connectivity index (χ0) is 6.85. The quantitative estimate of drug-likeness (QED) is 0.472. The highest BCUT2D eigenvalue weighted by atomic mass is 127. The van der Waals surface area contributed by atoms with Crippen LogP contribution in [0.1, 0.15) is 6.92 Å². The van der Waals surface area contributed by atoms with Crippen LogP contribution in [0.2, 0.25) is 0 Å². The summed E-state index contributed by atoms with van der Waals surface area (Å²) in [7, 11) is 0. The highest BCUT2D eigenvalue weighted by Gasteiger charge is 2.16. The fourth-order valence-corrected chi connectivity index (χ4v) is 2.37. The Bertz CT molecular complexity index is 162. The average molecular weight is 347 g/mol. The standard InChI is InChI=1S/C6H7I2N/c1-4-5(7)2-3-9-6(4)8/h2-5H,1H3.